The van der Waals surface area contributed by atoms with Gasteiger partial charge >= 0.3 is 0 Å². The standard InChI is InChI=1S/C18H18ClN3O2S/c19-12-3-1-11(2-4-12)15-8-13(17(25-15)16(21)18(22)23)14(20)7-10-5-6-24-9-10/h1-6,8-9,14,16H,7,20-21H2,(H2,22,23). The minimum Gasteiger partial charge on any atom is -0.472 e. The quantitative estimate of drug-likeness (QED) is 0.613. The van der Waals surface area contributed by atoms with Gasteiger partial charge in [-0.2, -0.15) is 0 Å². The van der Waals surface area contributed by atoms with Gasteiger partial charge in [-0.1, -0.05) is 23.7 Å². The van der Waals surface area contributed by atoms with E-state index in [1.807, 2.05) is 36.4 Å². The number of thiophene rings is 1. The Kier molecular flexibility index (Phi) is 5.24. The third-order valence-electron chi connectivity index (χ3n) is 3.94. The van der Waals surface area contributed by atoms with Crippen LogP contribution in [0.1, 0.15) is 28.1 Å². The summed E-state index contributed by atoms with van der Waals surface area (Å²) < 4.78 is 5.09. The zero-order valence-corrected chi connectivity index (χ0v) is 14.9. The smallest absolute Gasteiger partial charge is 0.239 e. The molecule has 6 N–H and O–H groups in total. The first-order valence-electron chi connectivity index (χ1n) is 7.67. The van der Waals surface area contributed by atoms with Gasteiger partial charge in [0.1, 0.15) is 6.04 Å². The number of carbonyl (C=O) groups is 1. The molecule has 0 aliphatic heterocycles. The highest BCUT2D eigenvalue weighted by Gasteiger charge is 2.24. The zero-order valence-electron chi connectivity index (χ0n) is 13.3. The molecule has 2 aromatic heterocycles. The van der Waals surface area contributed by atoms with E-state index in [-0.39, 0.29) is 6.04 Å². The SMILES string of the molecule is NC(=O)C(N)c1sc(-c2ccc(Cl)cc2)cc1C(N)Cc1ccoc1. The maximum Gasteiger partial charge on any atom is 0.239 e. The Labute approximate surface area is 154 Å². The molecule has 0 saturated heterocycles. The zero-order chi connectivity index (χ0) is 18.0. The number of primary amides is 1. The number of hydrogen-bond acceptors (Lipinski definition) is 5. The summed E-state index contributed by atoms with van der Waals surface area (Å²) in [5.41, 5.74) is 20.6. The van der Waals surface area contributed by atoms with Crippen molar-refractivity contribution in [2.24, 2.45) is 17.2 Å². The Hall–Kier alpha value is -2.12. The third kappa shape index (κ3) is 3.93. The number of hydrogen-bond donors (Lipinski definition) is 3. The van der Waals surface area contributed by atoms with Crippen LogP contribution in [0, 0.1) is 0 Å². The van der Waals surface area contributed by atoms with Gasteiger partial charge in [0.2, 0.25) is 5.91 Å². The predicted octanol–water partition coefficient (Wildman–Crippen LogP) is 3.39. The summed E-state index contributed by atoms with van der Waals surface area (Å²) in [6.07, 6.45) is 3.83. The summed E-state index contributed by atoms with van der Waals surface area (Å²) in [5, 5.41) is 0.659. The first-order valence-corrected chi connectivity index (χ1v) is 8.86. The molecule has 0 fully saturated rings. The molecule has 0 saturated carbocycles. The molecule has 25 heavy (non-hydrogen) atoms. The average molecular weight is 376 g/mol. The molecule has 2 heterocycles. The Balaban J connectivity index is 1.99. The Morgan fingerprint density at radius 2 is 1.92 bits per heavy atom. The van der Waals surface area contributed by atoms with E-state index >= 15 is 0 Å². The summed E-state index contributed by atoms with van der Waals surface area (Å²) in [6, 6.07) is 10.1. The number of halogens is 1. The van der Waals surface area contributed by atoms with E-state index in [1.165, 1.54) is 11.3 Å². The minimum atomic E-state index is -0.892. The first-order chi connectivity index (χ1) is 12.0. The molecule has 5 nitrogen and oxygen atoms in total. The van der Waals surface area contributed by atoms with Gasteiger partial charge in [-0.05, 0) is 47.4 Å². The summed E-state index contributed by atoms with van der Waals surface area (Å²) >= 11 is 7.37. The second kappa shape index (κ2) is 7.41. The number of carbonyl (C=O) groups excluding carboxylic acids is 1. The summed E-state index contributed by atoms with van der Waals surface area (Å²) in [7, 11) is 0. The van der Waals surface area contributed by atoms with Crippen molar-refractivity contribution >= 4 is 28.8 Å². The van der Waals surface area contributed by atoms with Crippen molar-refractivity contribution in [3.63, 3.8) is 0 Å². The molecule has 130 valence electrons. The molecular formula is C18H18ClN3O2S. The van der Waals surface area contributed by atoms with Crippen molar-refractivity contribution in [2.45, 2.75) is 18.5 Å². The van der Waals surface area contributed by atoms with E-state index < -0.39 is 11.9 Å². The summed E-state index contributed by atoms with van der Waals surface area (Å²) in [6.45, 7) is 0. The average Bonchev–Trinajstić information content (AvgIpc) is 3.24. The van der Waals surface area contributed by atoms with Crippen molar-refractivity contribution in [1.82, 2.24) is 0 Å². The fourth-order valence-electron chi connectivity index (χ4n) is 2.61. The van der Waals surface area contributed by atoms with Gasteiger partial charge in [0, 0.05) is 20.8 Å². The van der Waals surface area contributed by atoms with Gasteiger partial charge in [0.05, 0.1) is 12.5 Å². The number of rotatable bonds is 6. The lowest BCUT2D eigenvalue weighted by atomic mass is 9.98. The second-order valence-electron chi connectivity index (χ2n) is 5.76. The van der Waals surface area contributed by atoms with E-state index in [2.05, 4.69) is 0 Å². The molecule has 7 heteroatoms. The molecule has 0 aliphatic carbocycles. The third-order valence-corrected chi connectivity index (χ3v) is 5.48. The van der Waals surface area contributed by atoms with Crippen LogP contribution in [0.2, 0.25) is 5.02 Å². The molecule has 3 aromatic rings. The summed E-state index contributed by atoms with van der Waals surface area (Å²) in [4.78, 5) is 13.3. The van der Waals surface area contributed by atoms with Crippen LogP contribution < -0.4 is 17.2 Å². The number of nitrogens with two attached hydrogens (primary N) is 3. The summed E-state index contributed by atoms with van der Waals surface area (Å²) in [5.74, 6) is -0.582. The molecule has 1 amide bonds. The molecule has 0 bridgehead atoms. The van der Waals surface area contributed by atoms with Crippen molar-refractivity contribution in [1.29, 1.82) is 0 Å². The molecule has 0 aliphatic rings. The predicted molar refractivity (Wildman–Crippen MR) is 100 cm³/mol. The van der Waals surface area contributed by atoms with Crippen molar-refractivity contribution < 1.29 is 9.21 Å². The minimum absolute atomic E-state index is 0.324. The van der Waals surface area contributed by atoms with E-state index in [0.717, 1.165) is 21.6 Å². The van der Waals surface area contributed by atoms with Gasteiger partial charge in [0.15, 0.2) is 0 Å². The van der Waals surface area contributed by atoms with Crippen LogP contribution in [0.25, 0.3) is 10.4 Å². The van der Waals surface area contributed by atoms with Crippen LogP contribution in [0.4, 0.5) is 0 Å². The molecular weight excluding hydrogens is 358 g/mol. The highest BCUT2D eigenvalue weighted by molar-refractivity contribution is 7.15. The van der Waals surface area contributed by atoms with Gasteiger partial charge in [0.25, 0.3) is 0 Å². The Morgan fingerprint density at radius 3 is 2.52 bits per heavy atom. The largest absolute Gasteiger partial charge is 0.472 e. The van der Waals surface area contributed by atoms with Gasteiger partial charge in [-0.15, -0.1) is 11.3 Å². The molecule has 1 aromatic carbocycles. The molecule has 3 rings (SSSR count). The van der Waals surface area contributed by atoms with Crippen LogP contribution >= 0.6 is 22.9 Å². The lowest BCUT2D eigenvalue weighted by Gasteiger charge is -2.14. The molecule has 2 atom stereocenters. The molecule has 0 spiro atoms. The van der Waals surface area contributed by atoms with Gasteiger partial charge in [-0.3, -0.25) is 4.79 Å². The normalized spacial score (nSPS) is 13.6. The topological polar surface area (TPSA) is 108 Å². The number of furan rings is 1. The van der Waals surface area contributed by atoms with Crippen LogP contribution in [0.3, 0.4) is 0 Å². The van der Waals surface area contributed by atoms with E-state index in [9.17, 15) is 4.79 Å². The van der Waals surface area contributed by atoms with E-state index in [0.29, 0.717) is 16.3 Å². The molecule has 0 radical (unpaired) electrons. The van der Waals surface area contributed by atoms with Gasteiger partial charge < -0.3 is 21.6 Å². The van der Waals surface area contributed by atoms with Crippen molar-refractivity contribution in [3.8, 4) is 10.4 Å². The van der Waals surface area contributed by atoms with Crippen LogP contribution in [-0.4, -0.2) is 5.91 Å². The molecule has 2 unspecified atom stereocenters. The van der Waals surface area contributed by atoms with Crippen molar-refractivity contribution in [2.75, 3.05) is 0 Å². The van der Waals surface area contributed by atoms with E-state index in [4.69, 9.17) is 33.2 Å². The second-order valence-corrected chi connectivity index (χ2v) is 7.28. The first kappa shape index (κ1) is 17.7. The lowest BCUT2D eigenvalue weighted by Crippen LogP contribution is -2.29. The Bertz CT molecular complexity index is 859. The van der Waals surface area contributed by atoms with Crippen molar-refractivity contribution in [3.05, 3.63) is 70.0 Å². The number of amides is 1. The van der Waals surface area contributed by atoms with Crippen LogP contribution in [-0.2, 0) is 11.2 Å². The van der Waals surface area contributed by atoms with Crippen LogP contribution in [0.5, 0.6) is 0 Å². The fraction of sp³-hybridized carbons (Fsp3) is 0.167. The maximum absolute atomic E-state index is 11.6. The van der Waals surface area contributed by atoms with Gasteiger partial charge in [-0.25, -0.2) is 0 Å². The highest BCUT2D eigenvalue weighted by Crippen LogP contribution is 2.38. The van der Waals surface area contributed by atoms with Crippen LogP contribution in [0.15, 0.2) is 53.3 Å². The Morgan fingerprint density at radius 1 is 1.20 bits per heavy atom. The fourth-order valence-corrected chi connectivity index (χ4v) is 3.98. The lowest BCUT2D eigenvalue weighted by molar-refractivity contribution is -0.119. The monoisotopic (exact) mass is 375 g/mol. The number of benzene rings is 1. The van der Waals surface area contributed by atoms with E-state index in [1.54, 1.807) is 12.5 Å². The highest BCUT2D eigenvalue weighted by atomic mass is 35.5. The maximum atomic E-state index is 11.6.